The molecule has 0 spiro atoms. The highest BCUT2D eigenvalue weighted by molar-refractivity contribution is 7.91. The second-order valence-electron chi connectivity index (χ2n) is 6.12. The van der Waals surface area contributed by atoms with Gasteiger partial charge in [0.05, 0.1) is 10.9 Å². The van der Waals surface area contributed by atoms with Gasteiger partial charge in [-0.2, -0.15) is 0 Å². The monoisotopic (exact) mass is 361 g/mol. The number of rotatable bonds is 6. The number of benzene rings is 2. The van der Waals surface area contributed by atoms with E-state index in [1.54, 1.807) is 30.3 Å². The third-order valence-corrected chi connectivity index (χ3v) is 4.77. The summed E-state index contributed by atoms with van der Waals surface area (Å²) in [6, 6.07) is 14.8. The molecule has 0 bridgehead atoms. The largest absolute Gasteiger partial charge is 0.457 e. The summed E-state index contributed by atoms with van der Waals surface area (Å²) in [5.41, 5.74) is 5.79. The van der Waals surface area contributed by atoms with E-state index in [1.165, 1.54) is 6.07 Å². The van der Waals surface area contributed by atoms with Crippen LogP contribution in [0.2, 0.25) is 0 Å². The Morgan fingerprint density at radius 2 is 1.76 bits per heavy atom. The standard InChI is InChI=1S/C18H23N3O3S/c1-13(2)11-17(19)18(22)21-25(20,23)16-10-6-9-15(12-16)24-14-7-4-3-5-8-14/h3-10,12-13,17H,11,19H2,1-2H3,(H2,20,21,22,23)/t17-,25?/m0/s1. The second kappa shape index (κ2) is 8.24. The SMILES string of the molecule is CC(C)C[C@H](N)C(=O)N=S(N)(=O)c1cccc(Oc2ccccc2)c1. The highest BCUT2D eigenvalue weighted by atomic mass is 32.2. The minimum absolute atomic E-state index is 0.214. The van der Waals surface area contributed by atoms with Crippen LogP contribution in [0.1, 0.15) is 20.3 Å². The summed E-state index contributed by atoms with van der Waals surface area (Å²) in [5.74, 6) is 0.660. The van der Waals surface area contributed by atoms with Crippen LogP contribution >= 0.6 is 0 Å². The predicted molar refractivity (Wildman–Crippen MR) is 98.4 cm³/mol. The van der Waals surface area contributed by atoms with Crippen molar-refractivity contribution in [2.45, 2.75) is 31.2 Å². The van der Waals surface area contributed by atoms with Gasteiger partial charge in [-0.25, -0.2) is 9.35 Å². The molecule has 6 nitrogen and oxygen atoms in total. The third kappa shape index (κ3) is 5.67. The van der Waals surface area contributed by atoms with Crippen LogP contribution < -0.4 is 15.6 Å². The number of nitrogens with two attached hydrogens (primary N) is 2. The molecule has 25 heavy (non-hydrogen) atoms. The average Bonchev–Trinajstić information content (AvgIpc) is 2.55. The molecule has 0 radical (unpaired) electrons. The molecule has 7 heteroatoms. The van der Waals surface area contributed by atoms with Gasteiger partial charge >= 0.3 is 0 Å². The van der Waals surface area contributed by atoms with Crippen LogP contribution in [0.25, 0.3) is 0 Å². The van der Waals surface area contributed by atoms with Crippen molar-refractivity contribution >= 4 is 15.8 Å². The maximum atomic E-state index is 12.7. The topological polar surface area (TPSA) is 108 Å². The number of hydrogen-bond donors (Lipinski definition) is 2. The first-order chi connectivity index (χ1) is 11.8. The maximum Gasteiger partial charge on any atom is 0.271 e. The van der Waals surface area contributed by atoms with Crippen LogP contribution in [-0.4, -0.2) is 16.2 Å². The van der Waals surface area contributed by atoms with E-state index in [0.29, 0.717) is 17.9 Å². The highest BCUT2D eigenvalue weighted by Crippen LogP contribution is 2.23. The van der Waals surface area contributed by atoms with Gasteiger partial charge in [0.2, 0.25) is 0 Å². The van der Waals surface area contributed by atoms with E-state index in [1.807, 2.05) is 32.0 Å². The Morgan fingerprint density at radius 1 is 1.12 bits per heavy atom. The Hall–Kier alpha value is -2.22. The molecule has 134 valence electrons. The van der Waals surface area contributed by atoms with Crippen LogP contribution in [0, 0.1) is 5.92 Å². The summed E-state index contributed by atoms with van der Waals surface area (Å²) in [7, 11) is -3.39. The number of amides is 1. The summed E-state index contributed by atoms with van der Waals surface area (Å²) in [6.45, 7) is 3.88. The normalized spacial score (nSPS) is 14.6. The van der Waals surface area contributed by atoms with Crippen LogP contribution in [-0.2, 0) is 14.7 Å². The summed E-state index contributed by atoms with van der Waals surface area (Å²) in [6.07, 6.45) is 0.453. The van der Waals surface area contributed by atoms with Gasteiger partial charge in [-0.1, -0.05) is 38.1 Å². The van der Waals surface area contributed by atoms with Crippen molar-refractivity contribution in [1.82, 2.24) is 0 Å². The first-order valence-electron chi connectivity index (χ1n) is 7.95. The van der Waals surface area contributed by atoms with Crippen molar-refractivity contribution in [1.29, 1.82) is 0 Å². The van der Waals surface area contributed by atoms with Gasteiger partial charge in [-0.15, -0.1) is 4.36 Å². The van der Waals surface area contributed by atoms with Crippen LogP contribution in [0.4, 0.5) is 0 Å². The zero-order valence-corrected chi connectivity index (χ0v) is 15.1. The van der Waals surface area contributed by atoms with Gasteiger partial charge in [-0.05, 0) is 42.7 Å². The molecule has 2 aromatic rings. The molecule has 0 aliphatic rings. The molecular weight excluding hydrogens is 338 g/mol. The molecule has 4 N–H and O–H groups in total. The summed E-state index contributed by atoms with van der Waals surface area (Å²) >= 11 is 0. The summed E-state index contributed by atoms with van der Waals surface area (Å²) in [4.78, 5) is 12.3. The second-order valence-corrected chi connectivity index (χ2v) is 7.92. The Morgan fingerprint density at radius 3 is 2.40 bits per heavy atom. The van der Waals surface area contributed by atoms with Crippen molar-refractivity contribution in [2.24, 2.45) is 21.2 Å². The summed E-state index contributed by atoms with van der Waals surface area (Å²) in [5, 5.41) is 5.80. The minimum Gasteiger partial charge on any atom is -0.457 e. The summed E-state index contributed by atoms with van der Waals surface area (Å²) < 4.78 is 22.0. The molecule has 2 aromatic carbocycles. The molecule has 0 saturated heterocycles. The van der Waals surface area contributed by atoms with Crippen molar-refractivity contribution in [3.05, 3.63) is 54.6 Å². The molecule has 0 heterocycles. The van der Waals surface area contributed by atoms with E-state index in [4.69, 9.17) is 15.6 Å². The predicted octanol–water partition coefficient (Wildman–Crippen LogP) is 3.08. The fourth-order valence-corrected chi connectivity index (χ4v) is 3.27. The molecule has 1 amide bonds. The lowest BCUT2D eigenvalue weighted by Gasteiger charge is -2.12. The van der Waals surface area contributed by atoms with Crippen LogP contribution in [0.3, 0.4) is 0 Å². The van der Waals surface area contributed by atoms with Crippen molar-refractivity contribution in [3.8, 4) is 11.5 Å². The van der Waals surface area contributed by atoms with Gasteiger partial charge in [0, 0.05) is 0 Å². The van der Waals surface area contributed by atoms with Gasteiger partial charge in [0.25, 0.3) is 5.91 Å². The van der Waals surface area contributed by atoms with E-state index in [9.17, 15) is 9.00 Å². The molecule has 0 aliphatic carbocycles. The van der Waals surface area contributed by atoms with E-state index in [0.717, 1.165) is 0 Å². The van der Waals surface area contributed by atoms with Crippen LogP contribution in [0.15, 0.2) is 63.9 Å². The fraction of sp³-hybridized carbons (Fsp3) is 0.278. The number of carbonyl (C=O) groups is 1. The number of carbonyl (C=O) groups excluding carboxylic acids is 1. The van der Waals surface area contributed by atoms with Crippen molar-refractivity contribution < 1.29 is 13.7 Å². The molecule has 2 rings (SSSR count). The Kier molecular flexibility index (Phi) is 6.30. The van der Waals surface area contributed by atoms with Gasteiger partial charge in [-0.3, -0.25) is 4.79 Å². The molecule has 2 atom stereocenters. The number of nitrogens with zero attached hydrogens (tertiary/aromatic N) is 1. The van der Waals surface area contributed by atoms with Gasteiger partial charge < -0.3 is 10.5 Å². The number of hydrogen-bond acceptors (Lipinski definition) is 4. The van der Waals surface area contributed by atoms with Gasteiger partial charge in [0.1, 0.15) is 21.4 Å². The van der Waals surface area contributed by atoms with E-state index in [-0.39, 0.29) is 10.8 Å². The number of ether oxygens (including phenoxy) is 1. The molecule has 1 unspecified atom stereocenters. The lowest BCUT2D eigenvalue weighted by Crippen LogP contribution is -2.32. The average molecular weight is 361 g/mol. The first-order valence-corrected chi connectivity index (χ1v) is 9.53. The third-order valence-electron chi connectivity index (χ3n) is 3.39. The van der Waals surface area contributed by atoms with E-state index >= 15 is 0 Å². The fourth-order valence-electron chi connectivity index (χ4n) is 2.21. The maximum absolute atomic E-state index is 12.7. The lowest BCUT2D eigenvalue weighted by atomic mass is 10.0. The quantitative estimate of drug-likeness (QED) is 0.824. The number of para-hydroxylation sites is 1. The van der Waals surface area contributed by atoms with Crippen molar-refractivity contribution in [2.75, 3.05) is 0 Å². The molecule has 0 saturated carbocycles. The van der Waals surface area contributed by atoms with Crippen molar-refractivity contribution in [3.63, 3.8) is 0 Å². The van der Waals surface area contributed by atoms with Crippen LogP contribution in [0.5, 0.6) is 11.5 Å². The van der Waals surface area contributed by atoms with E-state index in [2.05, 4.69) is 4.36 Å². The van der Waals surface area contributed by atoms with E-state index < -0.39 is 21.9 Å². The Labute approximate surface area is 148 Å². The molecule has 0 fully saturated rings. The smallest absolute Gasteiger partial charge is 0.271 e. The first kappa shape index (κ1) is 19.1. The Bertz CT molecular complexity index is 844. The zero-order chi connectivity index (χ0) is 18.4. The lowest BCUT2D eigenvalue weighted by molar-refractivity contribution is -0.119. The van der Waals surface area contributed by atoms with Gasteiger partial charge in [0.15, 0.2) is 0 Å². The molecule has 0 aromatic heterocycles. The Balaban J connectivity index is 2.24. The minimum atomic E-state index is -3.39. The molecule has 0 aliphatic heterocycles. The highest BCUT2D eigenvalue weighted by Gasteiger charge is 2.18. The molecular formula is C18H23N3O3S. The zero-order valence-electron chi connectivity index (χ0n) is 14.3.